The van der Waals surface area contributed by atoms with Crippen LogP contribution in [0.5, 0.6) is 0 Å². The minimum atomic E-state index is -0.896. The summed E-state index contributed by atoms with van der Waals surface area (Å²) in [6.07, 6.45) is 1.56. The Balaban J connectivity index is 1.27. The van der Waals surface area contributed by atoms with Crippen LogP contribution in [-0.4, -0.2) is 40.6 Å². The van der Waals surface area contributed by atoms with Crippen molar-refractivity contribution in [2.24, 2.45) is 4.99 Å². The van der Waals surface area contributed by atoms with E-state index in [0.717, 1.165) is 18.4 Å². The first kappa shape index (κ1) is 17.8. The molecule has 0 aromatic heterocycles. The number of amides is 1. The molecule has 0 saturated carbocycles. The lowest BCUT2D eigenvalue weighted by Crippen LogP contribution is -2.47. The first-order valence-electron chi connectivity index (χ1n) is 9.71. The number of likely N-dealkylation sites (tertiary alicyclic amines) is 1. The minimum Gasteiger partial charge on any atom is -0.615 e. The van der Waals surface area contributed by atoms with E-state index in [9.17, 15) is 9.35 Å². The van der Waals surface area contributed by atoms with Crippen LogP contribution in [-0.2, 0) is 37.6 Å². The molecule has 2 aromatic rings. The van der Waals surface area contributed by atoms with Crippen molar-refractivity contribution in [3.63, 3.8) is 0 Å². The van der Waals surface area contributed by atoms with Gasteiger partial charge in [0.05, 0.1) is 0 Å². The summed E-state index contributed by atoms with van der Waals surface area (Å²) in [5.41, 5.74) is 3.51. The van der Waals surface area contributed by atoms with Crippen LogP contribution in [0, 0.1) is 0 Å². The third-order valence-electron chi connectivity index (χ3n) is 6.07. The molecule has 1 spiro atoms. The normalized spacial score (nSPS) is 25.5. The Morgan fingerprint density at radius 2 is 1.82 bits per heavy atom. The van der Waals surface area contributed by atoms with Crippen LogP contribution in [0.4, 0.5) is 0 Å². The number of amidine groups is 1. The van der Waals surface area contributed by atoms with Crippen molar-refractivity contribution in [2.75, 3.05) is 13.1 Å². The topological polar surface area (TPSA) is 65.0 Å². The van der Waals surface area contributed by atoms with E-state index in [4.69, 9.17) is 4.74 Å². The zero-order valence-electron chi connectivity index (χ0n) is 15.5. The maximum atomic E-state index is 12.9. The predicted molar refractivity (Wildman–Crippen MR) is 108 cm³/mol. The first-order chi connectivity index (χ1) is 13.7. The molecular weight excluding hydrogens is 372 g/mol. The van der Waals surface area contributed by atoms with Gasteiger partial charge in [-0.3, -0.25) is 4.79 Å². The fourth-order valence-electron chi connectivity index (χ4n) is 4.52. The lowest BCUT2D eigenvalue weighted by molar-refractivity contribution is -0.122. The Kier molecular flexibility index (Phi) is 4.40. The quantitative estimate of drug-likeness (QED) is 0.735. The van der Waals surface area contributed by atoms with Gasteiger partial charge in [0.2, 0.25) is 0 Å². The highest BCUT2D eigenvalue weighted by atomic mass is 32.2. The Bertz CT molecular complexity index is 922. The molecule has 0 bridgehead atoms. The molecule has 0 radical (unpaired) electrons. The summed E-state index contributed by atoms with van der Waals surface area (Å²) >= 11 is -0.896. The summed E-state index contributed by atoms with van der Waals surface area (Å²) in [6, 6.07) is 18.6. The molecule has 1 fully saturated rings. The second-order valence-electron chi connectivity index (χ2n) is 7.66. The molecule has 2 aromatic carbocycles. The molecule has 5 nitrogen and oxygen atoms in total. The summed E-state index contributed by atoms with van der Waals surface area (Å²) in [5.74, 6) is 0.430. The van der Waals surface area contributed by atoms with Gasteiger partial charge in [-0.1, -0.05) is 54.6 Å². The van der Waals surface area contributed by atoms with Gasteiger partial charge in [-0.2, -0.15) is 4.99 Å². The Labute approximate surface area is 167 Å². The van der Waals surface area contributed by atoms with Gasteiger partial charge < -0.3 is 14.2 Å². The number of carbonyl (C=O) groups excluding carboxylic acids is 1. The van der Waals surface area contributed by atoms with Gasteiger partial charge in [-0.05, 0) is 16.7 Å². The van der Waals surface area contributed by atoms with E-state index in [1.807, 2.05) is 47.4 Å². The zero-order valence-corrected chi connectivity index (χ0v) is 16.4. The third-order valence-corrected chi connectivity index (χ3v) is 8.14. The van der Waals surface area contributed by atoms with Crippen LogP contribution in [0.15, 0.2) is 59.6 Å². The Morgan fingerprint density at radius 1 is 1.11 bits per heavy atom. The molecule has 3 heterocycles. The van der Waals surface area contributed by atoms with Gasteiger partial charge in [0.1, 0.15) is 5.75 Å². The Hall–Kier alpha value is -2.31. The molecule has 5 rings (SSSR count). The molecule has 28 heavy (non-hydrogen) atoms. The second kappa shape index (κ2) is 6.94. The summed E-state index contributed by atoms with van der Waals surface area (Å²) in [6.45, 7) is 1.40. The number of nitrogens with zero attached hydrogens (tertiary/aromatic N) is 2. The zero-order chi connectivity index (χ0) is 19.1. The van der Waals surface area contributed by atoms with Crippen molar-refractivity contribution >= 4 is 23.1 Å². The lowest BCUT2D eigenvalue weighted by Gasteiger charge is -2.39. The van der Waals surface area contributed by atoms with Gasteiger partial charge in [-0.25, -0.2) is 0 Å². The number of piperidine rings is 1. The van der Waals surface area contributed by atoms with Crippen LogP contribution in [0.3, 0.4) is 0 Å². The van der Waals surface area contributed by atoms with Crippen molar-refractivity contribution in [2.45, 2.75) is 35.9 Å². The number of hydrogen-bond acceptors (Lipinski definition) is 4. The van der Waals surface area contributed by atoms with Gasteiger partial charge in [0.25, 0.3) is 11.9 Å². The highest BCUT2D eigenvalue weighted by molar-refractivity contribution is 7.92. The van der Waals surface area contributed by atoms with Crippen molar-refractivity contribution in [1.29, 1.82) is 0 Å². The number of carbonyl (C=O) groups is 1. The first-order valence-corrected chi connectivity index (χ1v) is 11.0. The smallest absolute Gasteiger partial charge is 0.296 e. The molecule has 0 N–H and O–H groups in total. The minimum absolute atomic E-state index is 0.214. The van der Waals surface area contributed by atoms with Crippen molar-refractivity contribution in [1.82, 2.24) is 4.90 Å². The SMILES string of the molecule is O=C1N=C(N2CCC3(CC2)c2ccccc2C[S+]3[O-])OC1Cc1ccccc1. The van der Waals surface area contributed by atoms with E-state index in [0.29, 0.717) is 31.3 Å². The van der Waals surface area contributed by atoms with E-state index in [2.05, 4.69) is 17.1 Å². The standard InChI is InChI=1S/C22H22N2O3S/c25-20-19(14-16-6-2-1-3-7-16)27-21(23-20)24-12-10-22(11-13-24)18-9-5-4-8-17(18)15-28(22)26/h1-9,19H,10-15H2. The molecule has 3 aliphatic heterocycles. The third kappa shape index (κ3) is 2.91. The average Bonchev–Trinajstić information content (AvgIpc) is 3.21. The number of benzene rings is 2. The van der Waals surface area contributed by atoms with Crippen molar-refractivity contribution < 1.29 is 14.1 Å². The number of hydrogen-bond donors (Lipinski definition) is 0. The molecule has 0 aliphatic carbocycles. The molecule has 1 amide bonds. The maximum absolute atomic E-state index is 12.9. The van der Waals surface area contributed by atoms with Crippen molar-refractivity contribution in [3.05, 3.63) is 71.3 Å². The fraction of sp³-hybridized carbons (Fsp3) is 0.364. The van der Waals surface area contributed by atoms with Crippen molar-refractivity contribution in [3.8, 4) is 0 Å². The molecule has 6 heteroatoms. The molecule has 2 unspecified atom stereocenters. The van der Waals surface area contributed by atoms with E-state index >= 15 is 0 Å². The number of rotatable bonds is 2. The van der Waals surface area contributed by atoms with E-state index in [-0.39, 0.29) is 10.7 Å². The summed E-state index contributed by atoms with van der Waals surface area (Å²) in [4.78, 5) is 18.5. The Morgan fingerprint density at radius 3 is 2.61 bits per heavy atom. The summed E-state index contributed by atoms with van der Waals surface area (Å²) in [7, 11) is 0. The molecular formula is C22H22N2O3S. The summed E-state index contributed by atoms with van der Waals surface area (Å²) in [5, 5.41) is 0. The average molecular weight is 394 g/mol. The largest absolute Gasteiger partial charge is 0.615 e. The number of ether oxygens (including phenoxy) is 1. The molecule has 3 aliphatic rings. The number of fused-ring (bicyclic) bond motifs is 2. The molecule has 144 valence electrons. The van der Waals surface area contributed by atoms with E-state index in [1.165, 1.54) is 11.1 Å². The summed E-state index contributed by atoms with van der Waals surface area (Å²) < 4.78 is 18.6. The highest BCUT2D eigenvalue weighted by Gasteiger charge is 2.52. The second-order valence-corrected chi connectivity index (χ2v) is 9.42. The monoisotopic (exact) mass is 394 g/mol. The van der Waals surface area contributed by atoms with Crippen LogP contribution in [0.25, 0.3) is 0 Å². The predicted octanol–water partition coefficient (Wildman–Crippen LogP) is 2.76. The van der Waals surface area contributed by atoms with Crippen LogP contribution >= 0.6 is 0 Å². The molecule has 1 saturated heterocycles. The van der Waals surface area contributed by atoms with E-state index in [1.54, 1.807) is 0 Å². The van der Waals surface area contributed by atoms with Crippen LogP contribution in [0.1, 0.15) is 29.5 Å². The number of aliphatic imine (C=N–C) groups is 1. The van der Waals surface area contributed by atoms with E-state index < -0.39 is 17.3 Å². The maximum Gasteiger partial charge on any atom is 0.296 e. The highest BCUT2D eigenvalue weighted by Crippen LogP contribution is 2.48. The van der Waals surface area contributed by atoms with Gasteiger partial charge in [-0.15, -0.1) is 0 Å². The fourth-order valence-corrected chi connectivity index (χ4v) is 6.41. The lowest BCUT2D eigenvalue weighted by atomic mass is 9.86. The van der Waals surface area contributed by atoms with Crippen LogP contribution < -0.4 is 0 Å². The van der Waals surface area contributed by atoms with Gasteiger partial charge in [0.15, 0.2) is 10.9 Å². The van der Waals surface area contributed by atoms with Crippen LogP contribution in [0.2, 0.25) is 0 Å². The van der Waals surface area contributed by atoms with Gasteiger partial charge in [0, 0.05) is 43.5 Å². The van der Waals surface area contributed by atoms with Gasteiger partial charge >= 0.3 is 0 Å². The molecule has 2 atom stereocenters.